The van der Waals surface area contributed by atoms with Crippen molar-refractivity contribution in [1.29, 1.82) is 0 Å². The zero-order valence-electron chi connectivity index (χ0n) is 9.69. The van der Waals surface area contributed by atoms with Gasteiger partial charge in [-0.3, -0.25) is 4.79 Å². The highest BCUT2D eigenvalue weighted by molar-refractivity contribution is 7.24. The van der Waals surface area contributed by atoms with E-state index in [1.807, 2.05) is 0 Å². The summed E-state index contributed by atoms with van der Waals surface area (Å²) in [5, 5.41) is 13.0. The van der Waals surface area contributed by atoms with Crippen LogP contribution in [0, 0.1) is 16.2 Å². The summed E-state index contributed by atoms with van der Waals surface area (Å²) >= 11 is 3.47. The maximum atomic E-state index is 10.7. The number of nitrogens with zero attached hydrogens (tertiary/aromatic N) is 1. The van der Waals surface area contributed by atoms with Gasteiger partial charge in [0.05, 0.1) is 5.92 Å². The second kappa shape index (κ2) is 7.29. The van der Waals surface area contributed by atoms with E-state index in [1.54, 1.807) is 22.7 Å². The van der Waals surface area contributed by atoms with Crippen LogP contribution in [0.4, 0.5) is 0 Å². The van der Waals surface area contributed by atoms with E-state index in [9.17, 15) is 4.79 Å². The van der Waals surface area contributed by atoms with Gasteiger partial charge in [-0.2, -0.15) is 0 Å². The number of piperidine rings is 1. The minimum Gasteiger partial charge on any atom is -0.481 e. The highest BCUT2D eigenvalue weighted by Gasteiger charge is 2.26. The maximum Gasteiger partial charge on any atom is 0.313 e. The topological polar surface area (TPSA) is 133 Å². The zero-order valence-corrected chi connectivity index (χ0v) is 12.1. The quantitative estimate of drug-likeness (QED) is 0.528. The third-order valence-electron chi connectivity index (χ3n) is 2.50. The van der Waals surface area contributed by atoms with Gasteiger partial charge in [-0.1, -0.05) is 22.7 Å². The molecule has 0 bridgehead atoms. The fourth-order valence-corrected chi connectivity index (χ4v) is 3.55. The van der Waals surface area contributed by atoms with Crippen molar-refractivity contribution in [2.75, 3.05) is 13.1 Å². The van der Waals surface area contributed by atoms with Gasteiger partial charge in [0.25, 0.3) is 0 Å². The second-order valence-corrected chi connectivity index (χ2v) is 6.55. The van der Waals surface area contributed by atoms with E-state index in [0.717, 1.165) is 25.9 Å². The average Bonchev–Trinajstić information content (AvgIpc) is 2.80. The highest BCUT2D eigenvalue weighted by atomic mass is 35.7. The summed E-state index contributed by atoms with van der Waals surface area (Å²) in [6.07, 6.45) is 1.56. The first-order valence-corrected chi connectivity index (χ1v) is 8.21. The average molecular weight is 330 g/mol. The second-order valence-electron chi connectivity index (χ2n) is 3.75. The van der Waals surface area contributed by atoms with E-state index < -0.39 is 16.2 Å². The molecule has 0 unspecified atom stereocenters. The van der Waals surface area contributed by atoms with Crippen molar-refractivity contribution in [1.82, 2.24) is 4.58 Å². The van der Waals surface area contributed by atoms with Crippen molar-refractivity contribution < 1.29 is 38.8 Å². The first-order chi connectivity index (χ1) is 8.77. The van der Waals surface area contributed by atoms with Crippen molar-refractivity contribution in [3.63, 3.8) is 0 Å². The molecule has 2 heterocycles. The molecule has 7 nitrogen and oxygen atoms in total. The Bertz CT molecular complexity index is 447. The lowest BCUT2D eigenvalue weighted by atomic mass is 9.98. The Hall–Kier alpha value is -0.550. The summed E-state index contributed by atoms with van der Waals surface area (Å²) in [4.78, 5) is 10.7. The van der Waals surface area contributed by atoms with Crippen LogP contribution in [-0.2, 0) is 4.79 Å². The number of hydrogen-bond acceptors (Lipinski definition) is 7. The zero-order chi connectivity index (χ0) is 14.5. The summed E-state index contributed by atoms with van der Waals surface area (Å²) in [5.41, 5.74) is 0. The molecule has 10 heteroatoms. The van der Waals surface area contributed by atoms with E-state index in [-0.39, 0.29) is 5.92 Å². The number of rotatable bonds is 1. The van der Waals surface area contributed by atoms with Crippen LogP contribution < -0.4 is 27.2 Å². The van der Waals surface area contributed by atoms with E-state index in [1.165, 1.54) is 3.98 Å². The molecule has 1 aliphatic heterocycles. The minimum atomic E-state index is -4.94. The minimum absolute atomic E-state index is 0.129. The lowest BCUT2D eigenvalue weighted by molar-refractivity contribution is -2.00. The summed E-state index contributed by atoms with van der Waals surface area (Å²) < 4.78 is 37.6. The third-order valence-corrected chi connectivity index (χ3v) is 4.71. The molecule has 0 saturated carbocycles. The Morgan fingerprint density at radius 1 is 1.21 bits per heavy atom. The van der Waals surface area contributed by atoms with Crippen LogP contribution >= 0.6 is 22.7 Å². The lowest BCUT2D eigenvalue weighted by Crippen LogP contribution is -2.68. The van der Waals surface area contributed by atoms with Gasteiger partial charge in [-0.15, -0.1) is 10.2 Å². The molecule has 0 atom stereocenters. The van der Waals surface area contributed by atoms with E-state index in [2.05, 4.69) is 15.3 Å². The van der Waals surface area contributed by atoms with E-state index in [0.29, 0.717) is 0 Å². The van der Waals surface area contributed by atoms with Gasteiger partial charge in [0.2, 0.25) is 0 Å². The summed E-state index contributed by atoms with van der Waals surface area (Å²) in [6.45, 7) is 1.77. The highest BCUT2D eigenvalue weighted by Crippen LogP contribution is 2.13. The predicted molar refractivity (Wildman–Crippen MR) is 57.6 cm³/mol. The van der Waals surface area contributed by atoms with Crippen molar-refractivity contribution in [3.8, 4) is 0 Å². The molecule has 1 aromatic heterocycles. The number of aliphatic carboxylic acids is 1. The molecular weight excluding hydrogens is 318 g/mol. The Morgan fingerprint density at radius 3 is 2.00 bits per heavy atom. The Labute approximate surface area is 119 Å². The van der Waals surface area contributed by atoms with Gasteiger partial charge in [0, 0.05) is 23.6 Å². The fraction of sp³-hybridized carbons (Fsp3) is 0.556. The first kappa shape index (κ1) is 16.5. The monoisotopic (exact) mass is 329 g/mol. The largest absolute Gasteiger partial charge is 0.481 e. The SMILES string of the molecule is O=C(O)C1CC[N+](=c2sccs2)CC1.[O-][Cl+3]([O-])([O-])[O-]. The third kappa shape index (κ3) is 6.97. The molecule has 108 valence electrons. The van der Waals surface area contributed by atoms with Gasteiger partial charge in [-0.05, 0) is 0 Å². The normalized spacial score (nSPS) is 19.6. The van der Waals surface area contributed by atoms with Crippen LogP contribution in [0.15, 0.2) is 10.8 Å². The van der Waals surface area contributed by atoms with Crippen LogP contribution in [0.1, 0.15) is 12.8 Å². The molecular formula is C9H12ClNO6S2. The smallest absolute Gasteiger partial charge is 0.313 e. The molecule has 2 rings (SSSR count). The van der Waals surface area contributed by atoms with Crippen LogP contribution in [0.3, 0.4) is 0 Å². The number of carboxylic acid groups (broad SMARTS) is 1. The van der Waals surface area contributed by atoms with Crippen LogP contribution in [0.2, 0.25) is 0 Å². The van der Waals surface area contributed by atoms with Crippen molar-refractivity contribution in [3.05, 3.63) is 14.7 Å². The number of carbonyl (C=O) groups is 1. The molecule has 1 aliphatic rings. The van der Waals surface area contributed by atoms with E-state index in [4.69, 9.17) is 23.7 Å². The summed E-state index contributed by atoms with van der Waals surface area (Å²) in [7, 11) is -4.94. The van der Waals surface area contributed by atoms with Crippen LogP contribution in [0.25, 0.3) is 0 Å². The Morgan fingerprint density at radius 2 is 1.63 bits per heavy atom. The molecule has 0 aromatic carbocycles. The molecule has 1 fully saturated rings. The van der Waals surface area contributed by atoms with Gasteiger partial charge in [0.1, 0.15) is 13.1 Å². The van der Waals surface area contributed by atoms with Crippen LogP contribution in [-0.4, -0.2) is 24.2 Å². The standard InChI is InChI=1S/C9H11NO2S2.ClHO4/c11-8(12)7-1-3-10(4-2-7)9-13-5-6-14-9;2-1(3,4)5/h5-7H,1-4H2;(H,2,3,4,5). The Kier molecular flexibility index (Phi) is 6.33. The molecule has 19 heavy (non-hydrogen) atoms. The first-order valence-electron chi connectivity index (χ1n) is 5.22. The van der Waals surface area contributed by atoms with Gasteiger partial charge in [0.15, 0.2) is 0 Å². The lowest BCUT2D eigenvalue weighted by Gasteiger charge is -2.17. The summed E-state index contributed by atoms with van der Waals surface area (Å²) in [6, 6.07) is 0. The van der Waals surface area contributed by atoms with Gasteiger partial charge in [-0.25, -0.2) is 23.2 Å². The molecule has 0 amide bonds. The molecule has 1 N–H and O–H groups in total. The molecule has 1 saturated heterocycles. The predicted octanol–water partition coefficient (Wildman–Crippen LogP) is -3.68. The van der Waals surface area contributed by atoms with Gasteiger partial charge < -0.3 is 5.11 Å². The number of halogens is 1. The maximum absolute atomic E-state index is 10.7. The molecule has 0 aliphatic carbocycles. The van der Waals surface area contributed by atoms with Crippen molar-refractivity contribution >= 4 is 28.6 Å². The molecule has 0 radical (unpaired) electrons. The summed E-state index contributed by atoms with van der Waals surface area (Å²) in [5.74, 6) is -0.768. The number of carboxylic acids is 1. The number of hydrogen-bond donors (Lipinski definition) is 1. The Balaban J connectivity index is 0.000000312. The van der Waals surface area contributed by atoms with Crippen molar-refractivity contribution in [2.24, 2.45) is 5.92 Å². The van der Waals surface area contributed by atoms with E-state index >= 15 is 0 Å². The molecule has 0 spiro atoms. The van der Waals surface area contributed by atoms with Crippen LogP contribution in [0.5, 0.6) is 0 Å². The van der Waals surface area contributed by atoms with Crippen molar-refractivity contribution in [2.45, 2.75) is 12.8 Å². The van der Waals surface area contributed by atoms with Gasteiger partial charge >= 0.3 is 9.95 Å². The fourth-order valence-electron chi connectivity index (χ4n) is 1.66. The molecule has 1 aromatic rings.